The Labute approximate surface area is 144 Å². The maximum atomic E-state index is 12.0. The van der Waals surface area contributed by atoms with E-state index in [9.17, 15) is 9.59 Å². The maximum absolute atomic E-state index is 12.0. The molecule has 0 bridgehead atoms. The van der Waals surface area contributed by atoms with Gasteiger partial charge in [-0.05, 0) is 48.4 Å². The van der Waals surface area contributed by atoms with E-state index in [0.29, 0.717) is 34.1 Å². The largest absolute Gasteiger partial charge is 0.465 e. The zero-order valence-electron chi connectivity index (χ0n) is 12.4. The minimum Gasteiger partial charge on any atom is -0.465 e. The van der Waals surface area contributed by atoms with Crippen molar-refractivity contribution >= 4 is 40.8 Å². The van der Waals surface area contributed by atoms with E-state index in [2.05, 4.69) is 10.1 Å². The number of rotatable bonds is 5. The summed E-state index contributed by atoms with van der Waals surface area (Å²) < 4.78 is 4.62. The first-order valence-corrected chi connectivity index (χ1v) is 7.67. The Morgan fingerprint density at radius 1 is 1.04 bits per heavy atom. The average molecular weight is 352 g/mol. The highest BCUT2D eigenvalue weighted by atomic mass is 35.5. The summed E-state index contributed by atoms with van der Waals surface area (Å²) in [5, 5.41) is 3.74. The fraction of sp³-hybridized carbons (Fsp3) is 0.176. The second-order valence-electron chi connectivity index (χ2n) is 4.87. The molecule has 4 nitrogen and oxygen atoms in total. The Morgan fingerprint density at radius 2 is 1.74 bits per heavy atom. The van der Waals surface area contributed by atoms with Crippen LogP contribution in [-0.4, -0.2) is 19.0 Å². The fourth-order valence-electron chi connectivity index (χ4n) is 1.98. The number of carbonyl (C=O) groups excluding carboxylic acids is 2. The molecule has 1 amide bonds. The molecule has 0 spiro atoms. The summed E-state index contributed by atoms with van der Waals surface area (Å²) in [6.45, 7) is 0. The Hall–Kier alpha value is -2.04. The molecular formula is C17H15Cl2NO3. The van der Waals surface area contributed by atoms with Gasteiger partial charge in [0.1, 0.15) is 0 Å². The van der Waals surface area contributed by atoms with Crippen LogP contribution >= 0.6 is 23.2 Å². The molecule has 2 aromatic rings. The van der Waals surface area contributed by atoms with E-state index in [1.165, 1.54) is 7.11 Å². The van der Waals surface area contributed by atoms with Crippen molar-refractivity contribution in [2.75, 3.05) is 12.4 Å². The minimum atomic E-state index is -0.414. The molecule has 0 saturated heterocycles. The molecular weight excluding hydrogens is 337 g/mol. The number of carbonyl (C=O) groups is 2. The number of benzene rings is 2. The summed E-state index contributed by atoms with van der Waals surface area (Å²) >= 11 is 11.8. The number of esters is 1. The second kappa shape index (κ2) is 7.99. The first kappa shape index (κ1) is 17.3. The lowest BCUT2D eigenvalue weighted by Crippen LogP contribution is -2.12. The number of hydrogen-bond acceptors (Lipinski definition) is 3. The lowest BCUT2D eigenvalue weighted by Gasteiger charge is -2.07. The third kappa shape index (κ3) is 4.98. The molecule has 0 heterocycles. The Balaban J connectivity index is 1.89. The highest BCUT2D eigenvalue weighted by molar-refractivity contribution is 6.42. The average Bonchev–Trinajstić information content (AvgIpc) is 2.56. The summed E-state index contributed by atoms with van der Waals surface area (Å²) in [6, 6.07) is 11.8. The van der Waals surface area contributed by atoms with E-state index >= 15 is 0 Å². The van der Waals surface area contributed by atoms with Crippen LogP contribution in [0, 0.1) is 0 Å². The first-order chi connectivity index (χ1) is 11.0. The van der Waals surface area contributed by atoms with Gasteiger partial charge in [0, 0.05) is 12.1 Å². The molecule has 23 heavy (non-hydrogen) atoms. The fourth-order valence-corrected chi connectivity index (χ4v) is 2.30. The van der Waals surface area contributed by atoms with Gasteiger partial charge in [0.05, 0.1) is 22.7 Å². The zero-order chi connectivity index (χ0) is 16.8. The predicted octanol–water partition coefficient (Wildman–Crippen LogP) is 4.35. The zero-order valence-corrected chi connectivity index (χ0v) is 13.9. The number of halogens is 2. The highest BCUT2D eigenvalue weighted by Gasteiger charge is 2.07. The van der Waals surface area contributed by atoms with E-state index in [4.69, 9.17) is 23.2 Å². The van der Waals surface area contributed by atoms with Crippen LogP contribution in [0.3, 0.4) is 0 Å². The molecule has 0 aliphatic carbocycles. The van der Waals surface area contributed by atoms with Gasteiger partial charge in [-0.1, -0.05) is 29.3 Å². The summed E-state index contributed by atoms with van der Waals surface area (Å²) in [5.74, 6) is -0.538. The smallest absolute Gasteiger partial charge is 0.337 e. The lowest BCUT2D eigenvalue weighted by atomic mass is 10.1. The van der Waals surface area contributed by atoms with Gasteiger partial charge in [-0.2, -0.15) is 0 Å². The van der Waals surface area contributed by atoms with Gasteiger partial charge >= 0.3 is 5.97 Å². The van der Waals surface area contributed by atoms with Crippen molar-refractivity contribution in [1.82, 2.24) is 0 Å². The molecule has 0 fully saturated rings. The summed E-state index contributed by atoms with van der Waals surface area (Å²) in [7, 11) is 1.32. The number of methoxy groups -OCH3 is 1. The highest BCUT2D eigenvalue weighted by Crippen LogP contribution is 2.23. The molecule has 120 valence electrons. The van der Waals surface area contributed by atoms with Crippen LogP contribution < -0.4 is 5.32 Å². The normalized spacial score (nSPS) is 10.2. The monoisotopic (exact) mass is 351 g/mol. The molecule has 0 unspecified atom stereocenters. The van der Waals surface area contributed by atoms with Crippen LogP contribution in [0.4, 0.5) is 5.69 Å². The van der Waals surface area contributed by atoms with Gasteiger partial charge in [-0.25, -0.2) is 4.79 Å². The van der Waals surface area contributed by atoms with Crippen molar-refractivity contribution in [1.29, 1.82) is 0 Å². The third-order valence-corrected chi connectivity index (χ3v) is 3.95. The lowest BCUT2D eigenvalue weighted by molar-refractivity contribution is -0.116. The van der Waals surface area contributed by atoms with Crippen LogP contribution in [0.2, 0.25) is 10.0 Å². The molecule has 1 N–H and O–H groups in total. The van der Waals surface area contributed by atoms with Crippen LogP contribution in [0.5, 0.6) is 0 Å². The van der Waals surface area contributed by atoms with Crippen molar-refractivity contribution < 1.29 is 14.3 Å². The van der Waals surface area contributed by atoms with E-state index in [0.717, 1.165) is 5.56 Å². The van der Waals surface area contributed by atoms with Crippen molar-refractivity contribution in [3.63, 3.8) is 0 Å². The number of aryl methyl sites for hydroxylation is 1. The Morgan fingerprint density at radius 3 is 2.35 bits per heavy atom. The maximum Gasteiger partial charge on any atom is 0.337 e. The van der Waals surface area contributed by atoms with Crippen molar-refractivity contribution in [2.45, 2.75) is 12.8 Å². The molecule has 6 heteroatoms. The van der Waals surface area contributed by atoms with Gasteiger partial charge in [0.25, 0.3) is 0 Å². The number of nitrogens with one attached hydrogen (secondary N) is 1. The Kier molecular flexibility index (Phi) is 6.02. The second-order valence-corrected chi connectivity index (χ2v) is 5.68. The van der Waals surface area contributed by atoms with Crippen LogP contribution in [-0.2, 0) is 16.0 Å². The molecule has 2 rings (SSSR count). The van der Waals surface area contributed by atoms with Gasteiger partial charge in [-0.15, -0.1) is 0 Å². The van der Waals surface area contributed by atoms with Gasteiger partial charge < -0.3 is 10.1 Å². The van der Waals surface area contributed by atoms with E-state index in [-0.39, 0.29) is 5.91 Å². The van der Waals surface area contributed by atoms with Crippen LogP contribution in [0.25, 0.3) is 0 Å². The molecule has 2 aromatic carbocycles. The number of hydrogen-bond donors (Lipinski definition) is 1. The predicted molar refractivity (Wildman–Crippen MR) is 91.2 cm³/mol. The summed E-state index contributed by atoms with van der Waals surface area (Å²) in [6.07, 6.45) is 0.875. The van der Waals surface area contributed by atoms with Crippen molar-refractivity contribution in [3.05, 3.63) is 63.6 Å². The first-order valence-electron chi connectivity index (χ1n) is 6.92. The van der Waals surface area contributed by atoms with Gasteiger partial charge in [-0.3, -0.25) is 4.79 Å². The summed E-state index contributed by atoms with van der Waals surface area (Å²) in [4.78, 5) is 23.3. The minimum absolute atomic E-state index is 0.123. The van der Waals surface area contributed by atoms with Crippen LogP contribution in [0.1, 0.15) is 22.3 Å². The standard InChI is InChI=1S/C17H15Cl2NO3/c1-23-17(22)12-4-6-13(7-5-12)20-16(21)9-3-11-2-8-14(18)15(19)10-11/h2,4-8,10H,3,9H2,1H3,(H,20,21). The topological polar surface area (TPSA) is 55.4 Å². The number of anilines is 1. The Bertz CT molecular complexity index is 714. The molecule has 0 radical (unpaired) electrons. The van der Waals surface area contributed by atoms with Gasteiger partial charge in [0.15, 0.2) is 0 Å². The number of ether oxygens (including phenoxy) is 1. The third-order valence-electron chi connectivity index (χ3n) is 3.21. The number of amides is 1. The SMILES string of the molecule is COC(=O)c1ccc(NC(=O)CCc2ccc(Cl)c(Cl)c2)cc1. The molecule has 0 atom stereocenters. The van der Waals surface area contributed by atoms with E-state index in [1.54, 1.807) is 36.4 Å². The molecule has 0 aliphatic heterocycles. The van der Waals surface area contributed by atoms with E-state index < -0.39 is 5.97 Å². The van der Waals surface area contributed by atoms with Crippen LogP contribution in [0.15, 0.2) is 42.5 Å². The molecule has 0 saturated carbocycles. The van der Waals surface area contributed by atoms with Gasteiger partial charge in [0.2, 0.25) is 5.91 Å². The van der Waals surface area contributed by atoms with E-state index in [1.807, 2.05) is 6.07 Å². The van der Waals surface area contributed by atoms with Crippen molar-refractivity contribution in [2.24, 2.45) is 0 Å². The summed E-state index contributed by atoms with van der Waals surface area (Å²) in [5.41, 5.74) is 1.99. The molecule has 0 aromatic heterocycles. The quantitative estimate of drug-likeness (QED) is 0.814. The molecule has 0 aliphatic rings. The van der Waals surface area contributed by atoms with Crippen molar-refractivity contribution in [3.8, 4) is 0 Å².